The van der Waals surface area contributed by atoms with Crippen LogP contribution >= 0.6 is 11.8 Å². The lowest BCUT2D eigenvalue weighted by atomic mass is 10.0. The topological polar surface area (TPSA) is 119 Å². The third-order valence-corrected chi connectivity index (χ3v) is 6.40. The maximum Gasteiger partial charge on any atom is 0.318 e. The first-order valence-electron chi connectivity index (χ1n) is 9.82. The van der Waals surface area contributed by atoms with Crippen molar-refractivity contribution >= 4 is 29.6 Å². The molecule has 1 fully saturated rings. The third kappa shape index (κ3) is 5.31. The Morgan fingerprint density at radius 1 is 1.41 bits per heavy atom. The number of carbonyl (C=O) groups is 2. The van der Waals surface area contributed by atoms with E-state index in [0.717, 1.165) is 31.2 Å². The summed E-state index contributed by atoms with van der Waals surface area (Å²) in [5.41, 5.74) is 5.13. The Balaban J connectivity index is 1.90. The first-order chi connectivity index (χ1) is 13.8. The van der Waals surface area contributed by atoms with E-state index in [-0.39, 0.29) is 5.92 Å². The molecule has 3 heterocycles. The van der Waals surface area contributed by atoms with E-state index >= 15 is 0 Å². The molecule has 29 heavy (non-hydrogen) atoms. The fourth-order valence-electron chi connectivity index (χ4n) is 3.47. The average Bonchev–Trinajstić information content (AvgIpc) is 3.29. The highest BCUT2D eigenvalue weighted by molar-refractivity contribution is 8.00. The fraction of sp³-hybridized carbons (Fsp3) is 0.579. The molecule has 1 saturated heterocycles. The number of furan rings is 1. The van der Waals surface area contributed by atoms with Crippen LogP contribution in [-0.2, 0) is 11.3 Å². The summed E-state index contributed by atoms with van der Waals surface area (Å²) in [6.45, 7) is 8.36. The van der Waals surface area contributed by atoms with Gasteiger partial charge in [-0.05, 0) is 36.8 Å². The van der Waals surface area contributed by atoms with E-state index in [4.69, 9.17) is 10.2 Å². The number of thioether (sulfide) groups is 1. The molecule has 3 N–H and O–H groups in total. The maximum absolute atomic E-state index is 12.5. The second kappa shape index (κ2) is 9.34. The Hall–Kier alpha value is -2.49. The number of aromatic nitrogens is 3. The van der Waals surface area contributed by atoms with E-state index in [0.29, 0.717) is 17.6 Å². The highest BCUT2D eigenvalue weighted by atomic mass is 32.2. The molecule has 0 aliphatic carbocycles. The van der Waals surface area contributed by atoms with Crippen LogP contribution in [0.3, 0.4) is 0 Å². The van der Waals surface area contributed by atoms with Gasteiger partial charge in [-0.1, -0.05) is 32.5 Å². The summed E-state index contributed by atoms with van der Waals surface area (Å²) in [5, 5.41) is 11.1. The van der Waals surface area contributed by atoms with E-state index in [1.54, 1.807) is 6.26 Å². The zero-order valence-corrected chi connectivity index (χ0v) is 17.8. The molecule has 2 aromatic heterocycles. The molecule has 1 aliphatic heterocycles. The number of rotatable bonds is 7. The van der Waals surface area contributed by atoms with Gasteiger partial charge in [0.2, 0.25) is 11.9 Å². The summed E-state index contributed by atoms with van der Waals surface area (Å²) in [7, 11) is 0. The first kappa shape index (κ1) is 21.2. The number of primary amides is 1. The molecule has 0 spiro atoms. The number of imide groups is 1. The Labute approximate surface area is 174 Å². The molecule has 2 aromatic rings. The Kier molecular flexibility index (Phi) is 6.83. The van der Waals surface area contributed by atoms with E-state index in [9.17, 15) is 9.59 Å². The molecule has 3 rings (SSSR count). The molecule has 2 unspecified atom stereocenters. The highest BCUT2D eigenvalue weighted by Crippen LogP contribution is 2.31. The summed E-state index contributed by atoms with van der Waals surface area (Å²) < 4.78 is 7.51. The van der Waals surface area contributed by atoms with Crippen LogP contribution in [0, 0.1) is 11.8 Å². The van der Waals surface area contributed by atoms with Crippen molar-refractivity contribution in [3.63, 3.8) is 0 Å². The van der Waals surface area contributed by atoms with Gasteiger partial charge in [-0.25, -0.2) is 4.79 Å². The monoisotopic (exact) mass is 420 g/mol. The lowest BCUT2D eigenvalue weighted by Gasteiger charge is -2.31. The molecule has 0 aromatic carbocycles. The molecular weight excluding hydrogens is 392 g/mol. The first-order valence-corrected chi connectivity index (χ1v) is 10.7. The van der Waals surface area contributed by atoms with Gasteiger partial charge in [-0.3, -0.25) is 14.7 Å². The molecule has 3 amide bonds. The second-order valence-electron chi connectivity index (χ2n) is 7.78. The van der Waals surface area contributed by atoms with Crippen molar-refractivity contribution < 1.29 is 14.0 Å². The highest BCUT2D eigenvalue weighted by Gasteiger charge is 2.29. The molecule has 1 aliphatic rings. The van der Waals surface area contributed by atoms with Gasteiger partial charge in [0.25, 0.3) is 0 Å². The molecule has 9 nitrogen and oxygen atoms in total. The predicted octanol–water partition coefficient (Wildman–Crippen LogP) is 2.47. The number of nitrogens with two attached hydrogens (primary N) is 1. The Bertz CT molecular complexity index is 835. The number of piperidine rings is 1. The van der Waals surface area contributed by atoms with Gasteiger partial charge >= 0.3 is 6.03 Å². The number of carbonyl (C=O) groups excluding carboxylic acids is 2. The standard InChI is InChI=1S/C19H28N6O3S/c1-12(2)15(16(26)21-17(20)27)29-19-23-22-18(24-8-4-6-13(3)10-24)25(19)11-14-7-5-9-28-14/h5,7,9,12-13,15H,4,6,8,10-11H2,1-3H3,(H3,20,21,26,27). The molecule has 158 valence electrons. The SMILES string of the molecule is CC1CCCN(c2nnc(SC(C(=O)NC(N)=O)C(C)C)n2Cc2ccco2)C1. The largest absolute Gasteiger partial charge is 0.467 e. The van der Waals surface area contributed by atoms with Crippen LogP contribution < -0.4 is 16.0 Å². The van der Waals surface area contributed by atoms with Crippen molar-refractivity contribution in [1.82, 2.24) is 20.1 Å². The molecule has 0 bridgehead atoms. The van der Waals surface area contributed by atoms with E-state index in [2.05, 4.69) is 27.3 Å². The van der Waals surface area contributed by atoms with Crippen LogP contribution in [0.5, 0.6) is 0 Å². The van der Waals surface area contributed by atoms with Crippen molar-refractivity contribution in [3.8, 4) is 0 Å². The van der Waals surface area contributed by atoms with Gasteiger partial charge in [-0.2, -0.15) is 0 Å². The van der Waals surface area contributed by atoms with Gasteiger partial charge < -0.3 is 15.1 Å². The van der Waals surface area contributed by atoms with Crippen LogP contribution in [0.4, 0.5) is 10.7 Å². The fourth-order valence-corrected chi connectivity index (χ4v) is 4.50. The third-order valence-electron chi connectivity index (χ3n) is 4.87. The minimum absolute atomic E-state index is 0.0356. The average molecular weight is 421 g/mol. The van der Waals surface area contributed by atoms with Gasteiger partial charge in [0, 0.05) is 13.1 Å². The van der Waals surface area contributed by atoms with Gasteiger partial charge in [0.15, 0.2) is 5.16 Å². The number of amides is 3. The minimum Gasteiger partial charge on any atom is -0.467 e. The molecule has 10 heteroatoms. The molecular formula is C19H28N6O3S. The summed E-state index contributed by atoms with van der Waals surface area (Å²) >= 11 is 1.28. The van der Waals surface area contributed by atoms with Crippen LogP contribution in [-0.4, -0.2) is 45.0 Å². The maximum atomic E-state index is 12.5. The van der Waals surface area contributed by atoms with Crippen LogP contribution in [0.1, 0.15) is 39.4 Å². The van der Waals surface area contributed by atoms with Crippen LogP contribution in [0.25, 0.3) is 0 Å². The number of nitrogens with one attached hydrogen (secondary N) is 1. The van der Waals surface area contributed by atoms with E-state index in [1.807, 2.05) is 30.5 Å². The van der Waals surface area contributed by atoms with Crippen molar-refractivity contribution in [2.75, 3.05) is 18.0 Å². The summed E-state index contributed by atoms with van der Waals surface area (Å²) in [6, 6.07) is 2.88. The Morgan fingerprint density at radius 2 is 2.21 bits per heavy atom. The lowest BCUT2D eigenvalue weighted by molar-refractivity contribution is -0.120. The van der Waals surface area contributed by atoms with Gasteiger partial charge in [0.05, 0.1) is 18.1 Å². The number of nitrogens with zero attached hydrogens (tertiary/aromatic N) is 4. The van der Waals surface area contributed by atoms with E-state index in [1.165, 1.54) is 18.2 Å². The normalized spacial score (nSPS) is 18.1. The predicted molar refractivity (Wildman–Crippen MR) is 111 cm³/mol. The number of anilines is 1. The van der Waals surface area contributed by atoms with Crippen molar-refractivity contribution in [3.05, 3.63) is 24.2 Å². The molecule has 2 atom stereocenters. The second-order valence-corrected chi connectivity index (χ2v) is 8.89. The summed E-state index contributed by atoms with van der Waals surface area (Å²) in [5.74, 6) is 1.66. The number of urea groups is 1. The van der Waals surface area contributed by atoms with Gasteiger partial charge in [0.1, 0.15) is 5.76 Å². The summed E-state index contributed by atoms with van der Waals surface area (Å²) in [6.07, 6.45) is 3.94. The van der Waals surface area contributed by atoms with Crippen molar-refractivity contribution in [2.45, 2.75) is 50.6 Å². The number of hydrogen-bond donors (Lipinski definition) is 2. The Morgan fingerprint density at radius 3 is 2.83 bits per heavy atom. The quantitative estimate of drug-likeness (QED) is 0.660. The minimum atomic E-state index is -0.860. The molecule has 0 radical (unpaired) electrons. The number of hydrogen-bond acceptors (Lipinski definition) is 7. The zero-order valence-electron chi connectivity index (χ0n) is 17.0. The zero-order chi connectivity index (χ0) is 21.0. The van der Waals surface area contributed by atoms with Crippen LogP contribution in [0.15, 0.2) is 28.0 Å². The van der Waals surface area contributed by atoms with Crippen molar-refractivity contribution in [1.29, 1.82) is 0 Å². The summed E-state index contributed by atoms with van der Waals surface area (Å²) in [4.78, 5) is 25.8. The van der Waals surface area contributed by atoms with Crippen molar-refractivity contribution in [2.24, 2.45) is 17.6 Å². The lowest BCUT2D eigenvalue weighted by Crippen LogP contribution is -2.42. The van der Waals surface area contributed by atoms with E-state index < -0.39 is 17.2 Å². The van der Waals surface area contributed by atoms with Crippen LogP contribution in [0.2, 0.25) is 0 Å². The smallest absolute Gasteiger partial charge is 0.318 e. The molecule has 0 saturated carbocycles. The van der Waals surface area contributed by atoms with Gasteiger partial charge in [-0.15, -0.1) is 10.2 Å².